The Morgan fingerprint density at radius 2 is 0.769 bits per heavy atom. The van der Waals surface area contributed by atoms with E-state index in [9.17, 15) is 0 Å². The fourth-order valence-corrected chi connectivity index (χ4v) is 0. The van der Waals surface area contributed by atoms with Crippen molar-refractivity contribution < 1.29 is 36.9 Å². The summed E-state index contributed by atoms with van der Waals surface area (Å²) in [6.45, 7) is 1.94. The molecule has 0 aromatic heterocycles. The molecule has 0 aromatic rings. The van der Waals surface area contributed by atoms with Gasteiger partial charge in [-0.2, -0.15) is 0 Å². The third kappa shape index (κ3) is 1990. The fourth-order valence-electron chi connectivity index (χ4n) is 0. The van der Waals surface area contributed by atoms with Crippen LogP contribution in [0.5, 0.6) is 0 Å². The maximum atomic E-state index is 8.89. The predicted molar refractivity (Wildman–Crippen MR) is 41.5 cm³/mol. The molecule has 0 bridgehead atoms. The number of carbonyl (C=O) groups is 2. The molecule has 0 aliphatic heterocycles. The molecule has 8 nitrogen and oxygen atoms in total. The molecule has 0 heterocycles. The molecule has 0 rings (SSSR count). The normalized spacial score (nSPS) is 3.85. The summed E-state index contributed by atoms with van der Waals surface area (Å²) in [4.78, 5) is 17.8. The van der Waals surface area contributed by atoms with Gasteiger partial charge in [0.2, 0.25) is 0 Å². The molecule has 12 N–H and O–H groups in total. The summed E-state index contributed by atoms with van der Waals surface area (Å²) in [6.07, 6.45) is 0. The van der Waals surface area contributed by atoms with Crippen LogP contribution in [0.15, 0.2) is 0 Å². The average molecular weight is 250 g/mol. The predicted octanol–water partition coefficient (Wildman–Crippen LogP) is -1.84. The van der Waals surface area contributed by atoms with Crippen LogP contribution in [0.2, 0.25) is 0 Å². The summed E-state index contributed by atoms with van der Waals surface area (Å²) in [7, 11) is 0. The molecule has 0 saturated carbocycles. The molecule has 0 aromatic carbocycles. The number of aliphatic carboxylic acids is 2. The molecular formula is C4H18CuN4O4. The minimum atomic E-state index is -1.08. The zero-order chi connectivity index (χ0) is 7.15. The number of hydrogen-bond donors (Lipinski definition) is 4. The smallest absolute Gasteiger partial charge is 0.550 e. The van der Waals surface area contributed by atoms with Crippen LogP contribution >= 0.6 is 0 Å². The van der Waals surface area contributed by atoms with E-state index in [1.165, 1.54) is 0 Å². The molecule has 0 spiro atoms. The van der Waals surface area contributed by atoms with Crippen molar-refractivity contribution in [3.63, 3.8) is 0 Å². The second-order valence-electron chi connectivity index (χ2n) is 0.983. The van der Waals surface area contributed by atoms with Gasteiger partial charge in [0, 0.05) is 11.9 Å². The molecule has 0 aliphatic rings. The first-order valence-electron chi connectivity index (χ1n) is 1.82. The Bertz CT molecular complexity index is 82.1. The van der Waals surface area contributed by atoms with Crippen LogP contribution in [0.1, 0.15) is 13.8 Å². The van der Waals surface area contributed by atoms with Crippen LogP contribution < -0.4 is 34.8 Å². The van der Waals surface area contributed by atoms with Crippen molar-refractivity contribution in [2.24, 2.45) is 0 Å². The van der Waals surface area contributed by atoms with Gasteiger partial charge in [0.15, 0.2) is 0 Å². The molecule has 1 radical (unpaired) electrons. The van der Waals surface area contributed by atoms with Gasteiger partial charge in [-0.05, 0) is 13.8 Å². The van der Waals surface area contributed by atoms with Gasteiger partial charge >= 0.3 is 17.1 Å². The van der Waals surface area contributed by atoms with Crippen LogP contribution in [0.25, 0.3) is 0 Å². The molecule has 89 valence electrons. The monoisotopic (exact) mass is 249 g/mol. The topological polar surface area (TPSA) is 220 Å². The number of carboxylic acids is 2. The SMILES string of the molecule is CC(=O)[O-].CC(=O)[O-].N.N.N.N.[Cu+2]. The van der Waals surface area contributed by atoms with Crippen molar-refractivity contribution in [3.8, 4) is 0 Å². The standard InChI is InChI=1S/2C2H4O2.Cu.4H3N/c2*1-2(3)4;;;;;/h2*1H3,(H,3,4);;4*1H3/q;;+2;;;;/p-2. The second kappa shape index (κ2) is 42.7. The van der Waals surface area contributed by atoms with E-state index in [-0.39, 0.29) is 41.7 Å². The Kier molecular flexibility index (Phi) is 184. The molecule has 0 atom stereocenters. The third-order valence-corrected chi connectivity index (χ3v) is 0. The summed E-state index contributed by atoms with van der Waals surface area (Å²) in [5, 5.41) is 17.8. The summed E-state index contributed by atoms with van der Waals surface area (Å²) in [5.41, 5.74) is 0. The fraction of sp³-hybridized carbons (Fsp3) is 0.500. The van der Waals surface area contributed by atoms with Gasteiger partial charge in [0.25, 0.3) is 0 Å². The molecule has 13 heavy (non-hydrogen) atoms. The maximum Gasteiger partial charge on any atom is 2.00 e. The van der Waals surface area contributed by atoms with Crippen molar-refractivity contribution >= 4 is 11.9 Å². The van der Waals surface area contributed by atoms with Gasteiger partial charge in [-0.3, -0.25) is 0 Å². The van der Waals surface area contributed by atoms with E-state index in [2.05, 4.69) is 0 Å². The van der Waals surface area contributed by atoms with Gasteiger partial charge in [-0.1, -0.05) is 0 Å². The Balaban J connectivity index is -0.00000000800. The quantitative estimate of drug-likeness (QED) is 0.356. The number of carboxylic acid groups (broad SMARTS) is 2. The van der Waals surface area contributed by atoms with Crippen LogP contribution in [0.4, 0.5) is 0 Å². The summed E-state index contributed by atoms with van der Waals surface area (Å²) in [5.74, 6) is -2.17. The van der Waals surface area contributed by atoms with Gasteiger partial charge in [0.05, 0.1) is 0 Å². The average Bonchev–Trinajstić information content (AvgIpc) is 1.25. The van der Waals surface area contributed by atoms with Gasteiger partial charge in [0.1, 0.15) is 0 Å². The minimum absolute atomic E-state index is 0. The van der Waals surface area contributed by atoms with Crippen molar-refractivity contribution in [1.82, 2.24) is 24.6 Å². The van der Waals surface area contributed by atoms with Gasteiger partial charge in [-0.25, -0.2) is 0 Å². The molecule has 0 saturated heterocycles. The van der Waals surface area contributed by atoms with Crippen LogP contribution in [-0.4, -0.2) is 11.9 Å². The van der Waals surface area contributed by atoms with E-state index in [0.717, 1.165) is 13.8 Å². The molecule has 0 fully saturated rings. The van der Waals surface area contributed by atoms with E-state index in [0.29, 0.717) is 0 Å². The van der Waals surface area contributed by atoms with Crippen LogP contribution in [-0.2, 0) is 26.7 Å². The third-order valence-electron chi connectivity index (χ3n) is 0. The van der Waals surface area contributed by atoms with Gasteiger partial charge < -0.3 is 44.4 Å². The molecule has 0 unspecified atom stereocenters. The number of rotatable bonds is 0. The van der Waals surface area contributed by atoms with E-state index in [1.54, 1.807) is 0 Å². The summed E-state index contributed by atoms with van der Waals surface area (Å²) < 4.78 is 0. The molecular weight excluding hydrogens is 232 g/mol. The van der Waals surface area contributed by atoms with Crippen molar-refractivity contribution in [2.75, 3.05) is 0 Å². The van der Waals surface area contributed by atoms with E-state index < -0.39 is 11.9 Å². The van der Waals surface area contributed by atoms with E-state index >= 15 is 0 Å². The van der Waals surface area contributed by atoms with E-state index in [1.807, 2.05) is 0 Å². The molecule has 9 heteroatoms. The molecule has 0 amide bonds. The first-order chi connectivity index (χ1) is 3.46. The zero-order valence-electron chi connectivity index (χ0n) is 7.76. The van der Waals surface area contributed by atoms with Crippen molar-refractivity contribution in [2.45, 2.75) is 13.8 Å². The maximum absolute atomic E-state index is 8.89. The van der Waals surface area contributed by atoms with Gasteiger partial charge in [-0.15, -0.1) is 0 Å². The Labute approximate surface area is 87.9 Å². The van der Waals surface area contributed by atoms with E-state index in [4.69, 9.17) is 19.8 Å². The summed E-state index contributed by atoms with van der Waals surface area (Å²) >= 11 is 0. The number of hydrogen-bond acceptors (Lipinski definition) is 8. The Morgan fingerprint density at radius 3 is 0.769 bits per heavy atom. The largest absolute Gasteiger partial charge is 2.00 e. The zero-order valence-corrected chi connectivity index (χ0v) is 8.70. The minimum Gasteiger partial charge on any atom is -0.550 e. The number of carbonyl (C=O) groups excluding carboxylic acids is 2. The summed E-state index contributed by atoms with van der Waals surface area (Å²) in [6, 6.07) is 0. The first-order valence-corrected chi connectivity index (χ1v) is 1.82. The van der Waals surface area contributed by atoms with Crippen LogP contribution in [0, 0.1) is 0 Å². The Morgan fingerprint density at radius 1 is 0.769 bits per heavy atom. The first kappa shape index (κ1) is 55.9. The Hall–Kier alpha value is -0.701. The van der Waals surface area contributed by atoms with Crippen LogP contribution in [0.3, 0.4) is 0 Å². The van der Waals surface area contributed by atoms with Crippen molar-refractivity contribution in [3.05, 3.63) is 0 Å². The second-order valence-corrected chi connectivity index (χ2v) is 0.983. The molecule has 0 aliphatic carbocycles. The van der Waals surface area contributed by atoms with Crippen molar-refractivity contribution in [1.29, 1.82) is 0 Å².